The van der Waals surface area contributed by atoms with Crippen LogP contribution in [0.25, 0.3) is 71.8 Å². The summed E-state index contributed by atoms with van der Waals surface area (Å²) < 4.78 is 8.63. The van der Waals surface area contributed by atoms with Crippen molar-refractivity contribution in [2.24, 2.45) is 0 Å². The van der Waals surface area contributed by atoms with Crippen molar-refractivity contribution in [1.82, 2.24) is 9.55 Å². The molecule has 0 fully saturated rings. The lowest BCUT2D eigenvalue weighted by Gasteiger charge is -2.12. The van der Waals surface area contributed by atoms with Gasteiger partial charge in [0.15, 0.2) is 0 Å². The van der Waals surface area contributed by atoms with Gasteiger partial charge in [0, 0.05) is 33.6 Å². The summed E-state index contributed by atoms with van der Waals surface area (Å²) in [6.07, 6.45) is 1.68. The van der Waals surface area contributed by atoms with Gasteiger partial charge in [-0.2, -0.15) is 5.26 Å². The van der Waals surface area contributed by atoms with Crippen LogP contribution in [0, 0.1) is 11.3 Å². The van der Waals surface area contributed by atoms with E-state index in [-0.39, 0.29) is 0 Å². The number of para-hydroxylation sites is 2. The summed E-state index contributed by atoms with van der Waals surface area (Å²) in [7, 11) is 0. The Morgan fingerprint density at radius 1 is 0.625 bits per heavy atom. The summed E-state index contributed by atoms with van der Waals surface area (Å²) in [6.45, 7) is 0. The summed E-state index contributed by atoms with van der Waals surface area (Å²) in [6, 6.07) is 43.8. The molecule has 8 aromatic rings. The quantitative estimate of drug-likeness (QED) is 0.237. The van der Waals surface area contributed by atoms with Crippen LogP contribution in [-0.4, -0.2) is 9.55 Å². The maximum absolute atomic E-state index is 9.34. The number of nitrogens with zero attached hydrogens (tertiary/aromatic N) is 3. The SMILES string of the molecule is N#Cc1ccnc(-c2cccc(-c3cccc(-n4c5ccccc5c5ccc6oc7ccccc7c6c54)c3)c2)c1. The zero-order valence-electron chi connectivity index (χ0n) is 21.4. The van der Waals surface area contributed by atoms with Gasteiger partial charge in [-0.25, -0.2) is 0 Å². The van der Waals surface area contributed by atoms with Gasteiger partial charge in [-0.05, 0) is 65.7 Å². The molecule has 0 aliphatic rings. The monoisotopic (exact) mass is 511 g/mol. The van der Waals surface area contributed by atoms with E-state index in [1.807, 2.05) is 30.3 Å². The number of rotatable bonds is 3. The highest BCUT2D eigenvalue weighted by atomic mass is 16.3. The number of fused-ring (bicyclic) bond motifs is 7. The van der Waals surface area contributed by atoms with Gasteiger partial charge in [0.1, 0.15) is 11.2 Å². The number of furan rings is 1. The van der Waals surface area contributed by atoms with Crippen LogP contribution in [0.15, 0.2) is 132 Å². The summed E-state index contributed by atoms with van der Waals surface area (Å²) in [5.41, 5.74) is 9.70. The van der Waals surface area contributed by atoms with E-state index in [1.54, 1.807) is 12.3 Å². The molecule has 0 aliphatic carbocycles. The first kappa shape index (κ1) is 22.3. The van der Waals surface area contributed by atoms with Gasteiger partial charge in [-0.15, -0.1) is 0 Å². The topological polar surface area (TPSA) is 54.8 Å². The third-order valence-electron chi connectivity index (χ3n) is 7.66. The van der Waals surface area contributed by atoms with Gasteiger partial charge in [-0.1, -0.05) is 66.7 Å². The van der Waals surface area contributed by atoms with Crippen LogP contribution >= 0.6 is 0 Å². The minimum Gasteiger partial charge on any atom is -0.456 e. The molecule has 4 nitrogen and oxygen atoms in total. The average Bonchev–Trinajstić information content (AvgIpc) is 3.57. The highest BCUT2D eigenvalue weighted by molar-refractivity contribution is 6.24. The summed E-state index contributed by atoms with van der Waals surface area (Å²) in [5, 5.41) is 14.0. The maximum Gasteiger partial charge on any atom is 0.137 e. The van der Waals surface area contributed by atoms with Crippen LogP contribution in [0.3, 0.4) is 0 Å². The molecule has 0 atom stereocenters. The van der Waals surface area contributed by atoms with E-state index in [4.69, 9.17) is 4.42 Å². The van der Waals surface area contributed by atoms with Gasteiger partial charge < -0.3 is 8.98 Å². The van der Waals surface area contributed by atoms with Crippen molar-refractivity contribution in [1.29, 1.82) is 5.26 Å². The molecule has 0 unspecified atom stereocenters. The number of hydrogen-bond acceptors (Lipinski definition) is 3. The van der Waals surface area contributed by atoms with E-state index in [1.165, 1.54) is 10.8 Å². The van der Waals surface area contributed by atoms with E-state index in [0.717, 1.165) is 61.0 Å². The smallest absolute Gasteiger partial charge is 0.137 e. The highest BCUT2D eigenvalue weighted by Gasteiger charge is 2.19. The fourth-order valence-corrected chi connectivity index (χ4v) is 5.87. The molecule has 0 N–H and O–H groups in total. The molecule has 5 aromatic carbocycles. The summed E-state index contributed by atoms with van der Waals surface area (Å²) in [5.74, 6) is 0. The Bertz CT molecular complexity index is 2300. The first-order valence-electron chi connectivity index (χ1n) is 13.2. The Labute approximate surface area is 230 Å². The Hall–Kier alpha value is -5.66. The van der Waals surface area contributed by atoms with E-state index in [9.17, 15) is 5.26 Å². The molecule has 0 amide bonds. The van der Waals surface area contributed by atoms with Crippen molar-refractivity contribution in [2.75, 3.05) is 0 Å². The van der Waals surface area contributed by atoms with Crippen molar-refractivity contribution in [2.45, 2.75) is 0 Å². The standard InChI is InChI=1S/C36H21N3O/c37-22-23-17-18-38-31(19-23)26-9-5-7-24(20-26)25-8-6-10-27(21-25)39-32-13-3-1-11-28(32)29-15-16-34-35(36(29)39)30-12-2-4-14-33(30)40-34/h1-21H. The Balaban J connectivity index is 1.37. The predicted octanol–water partition coefficient (Wildman–Crippen LogP) is 9.28. The van der Waals surface area contributed by atoms with Crippen molar-refractivity contribution in [3.8, 4) is 34.1 Å². The third-order valence-corrected chi connectivity index (χ3v) is 7.66. The lowest BCUT2D eigenvalue weighted by molar-refractivity contribution is 0.669. The van der Waals surface area contributed by atoms with Gasteiger partial charge in [0.05, 0.1) is 33.7 Å². The minimum atomic E-state index is 0.599. The van der Waals surface area contributed by atoms with Crippen LogP contribution in [-0.2, 0) is 0 Å². The average molecular weight is 512 g/mol. The summed E-state index contributed by atoms with van der Waals surface area (Å²) in [4.78, 5) is 4.50. The van der Waals surface area contributed by atoms with Crippen molar-refractivity contribution < 1.29 is 4.42 Å². The molecule has 3 heterocycles. The third kappa shape index (κ3) is 3.35. The Morgan fingerprint density at radius 2 is 1.40 bits per heavy atom. The second-order valence-electron chi connectivity index (χ2n) is 9.96. The molecular formula is C36H21N3O. The maximum atomic E-state index is 9.34. The van der Waals surface area contributed by atoms with Gasteiger partial charge in [0.25, 0.3) is 0 Å². The molecule has 0 aliphatic heterocycles. The first-order chi connectivity index (χ1) is 19.8. The zero-order valence-corrected chi connectivity index (χ0v) is 21.4. The van der Waals surface area contributed by atoms with Crippen LogP contribution in [0.4, 0.5) is 0 Å². The predicted molar refractivity (Wildman–Crippen MR) is 161 cm³/mol. The van der Waals surface area contributed by atoms with Crippen molar-refractivity contribution in [3.63, 3.8) is 0 Å². The lowest BCUT2D eigenvalue weighted by Crippen LogP contribution is -1.95. The van der Waals surface area contributed by atoms with E-state index in [2.05, 4.69) is 101 Å². The van der Waals surface area contributed by atoms with Crippen LogP contribution in [0.1, 0.15) is 5.56 Å². The molecule has 0 spiro atoms. The van der Waals surface area contributed by atoms with E-state index < -0.39 is 0 Å². The van der Waals surface area contributed by atoms with E-state index >= 15 is 0 Å². The fourth-order valence-electron chi connectivity index (χ4n) is 5.87. The number of nitriles is 1. The highest BCUT2D eigenvalue weighted by Crippen LogP contribution is 2.41. The molecule has 8 rings (SSSR count). The first-order valence-corrected chi connectivity index (χ1v) is 13.2. The van der Waals surface area contributed by atoms with Gasteiger partial charge in [-0.3, -0.25) is 4.98 Å². The second kappa shape index (κ2) is 8.69. The van der Waals surface area contributed by atoms with Gasteiger partial charge in [0.2, 0.25) is 0 Å². The molecule has 3 aromatic heterocycles. The lowest BCUT2D eigenvalue weighted by atomic mass is 10.0. The molecule has 186 valence electrons. The molecule has 0 radical (unpaired) electrons. The largest absolute Gasteiger partial charge is 0.456 e. The fraction of sp³-hybridized carbons (Fsp3) is 0. The molecule has 0 saturated carbocycles. The normalized spacial score (nSPS) is 11.5. The number of pyridine rings is 1. The molecular weight excluding hydrogens is 490 g/mol. The Morgan fingerprint density at radius 3 is 2.30 bits per heavy atom. The van der Waals surface area contributed by atoms with Crippen molar-refractivity contribution in [3.05, 3.63) is 133 Å². The van der Waals surface area contributed by atoms with Crippen LogP contribution < -0.4 is 0 Å². The van der Waals surface area contributed by atoms with Crippen LogP contribution in [0.5, 0.6) is 0 Å². The molecule has 0 saturated heterocycles. The molecule has 4 heteroatoms. The Kier molecular flexibility index (Phi) is 4.85. The zero-order chi connectivity index (χ0) is 26.6. The van der Waals surface area contributed by atoms with Crippen molar-refractivity contribution >= 4 is 43.7 Å². The second-order valence-corrected chi connectivity index (χ2v) is 9.96. The number of benzene rings is 5. The molecule has 0 bridgehead atoms. The van der Waals surface area contributed by atoms with E-state index in [0.29, 0.717) is 5.56 Å². The number of hydrogen-bond donors (Lipinski definition) is 0. The summed E-state index contributed by atoms with van der Waals surface area (Å²) >= 11 is 0. The minimum absolute atomic E-state index is 0.599. The molecule has 40 heavy (non-hydrogen) atoms. The van der Waals surface area contributed by atoms with Crippen LogP contribution in [0.2, 0.25) is 0 Å². The number of aromatic nitrogens is 2. The van der Waals surface area contributed by atoms with Gasteiger partial charge >= 0.3 is 0 Å².